The molecule has 5 rings (SSSR count). The molecule has 2 atom stereocenters. The summed E-state index contributed by atoms with van der Waals surface area (Å²) in [5.74, 6) is -1.58. The number of rotatable bonds is 4. The van der Waals surface area contributed by atoms with Gasteiger partial charge in [-0.2, -0.15) is 0 Å². The predicted molar refractivity (Wildman–Crippen MR) is 131 cm³/mol. The van der Waals surface area contributed by atoms with Crippen molar-refractivity contribution in [2.45, 2.75) is 58.5 Å². The molecule has 1 N–H and O–H groups in total. The van der Waals surface area contributed by atoms with Crippen molar-refractivity contribution in [3.8, 4) is 0 Å². The average molecular weight is 498 g/mol. The van der Waals surface area contributed by atoms with Crippen LogP contribution in [0.1, 0.15) is 57.9 Å². The van der Waals surface area contributed by atoms with Crippen LogP contribution in [0, 0.1) is 5.41 Å². The molecule has 7 nitrogen and oxygen atoms in total. The molecule has 1 fully saturated rings. The fraction of sp³-hybridized carbons (Fsp3) is 0.444. The number of ether oxygens (including phenoxy) is 2. The topological polar surface area (TPSA) is 94.8 Å². The molecule has 1 saturated heterocycles. The third-order valence-electron chi connectivity index (χ3n) is 6.96. The Bertz CT molecular complexity index is 1350. The largest absolute Gasteiger partial charge is 0.464 e. The van der Waals surface area contributed by atoms with Gasteiger partial charge in [0.25, 0.3) is 0 Å². The molecule has 0 unspecified atom stereocenters. The lowest BCUT2D eigenvalue weighted by Crippen LogP contribution is -2.40. The van der Waals surface area contributed by atoms with E-state index in [1.807, 2.05) is 13.8 Å². The van der Waals surface area contributed by atoms with Gasteiger partial charge < -0.3 is 19.2 Å². The molecule has 0 saturated carbocycles. The minimum absolute atomic E-state index is 0.101. The van der Waals surface area contributed by atoms with Gasteiger partial charge in [-0.15, -0.1) is 0 Å². The van der Waals surface area contributed by atoms with E-state index in [9.17, 15) is 14.4 Å². The maximum atomic E-state index is 13.7. The van der Waals surface area contributed by atoms with E-state index in [0.717, 1.165) is 18.5 Å². The molecule has 1 aromatic carbocycles. The number of Topliss-reactive ketones (excluding diaryl/α,β-unsaturated/α-hetero) is 1. The number of carbonyl (C=O) groups is 2. The minimum Gasteiger partial charge on any atom is -0.464 e. The molecule has 0 amide bonds. The maximum Gasteiger partial charge on any atom is 0.336 e. The Hall–Kier alpha value is -2.90. The Kier molecular flexibility index (Phi) is 6.09. The van der Waals surface area contributed by atoms with Crippen molar-refractivity contribution in [1.82, 2.24) is 5.32 Å². The lowest BCUT2D eigenvalue weighted by atomic mass is 9.68. The second-order valence-electron chi connectivity index (χ2n) is 10.3. The monoisotopic (exact) mass is 497 g/mol. The second-order valence-corrected chi connectivity index (χ2v) is 10.8. The highest BCUT2D eigenvalue weighted by atomic mass is 35.5. The van der Waals surface area contributed by atoms with Crippen LogP contribution in [-0.4, -0.2) is 31.1 Å². The molecule has 184 valence electrons. The number of carbonyl (C=O) groups excluding carboxylic acids is 2. The van der Waals surface area contributed by atoms with Crippen molar-refractivity contribution in [3.05, 3.63) is 67.8 Å². The Morgan fingerprint density at radius 2 is 2.06 bits per heavy atom. The van der Waals surface area contributed by atoms with Gasteiger partial charge >= 0.3 is 5.97 Å². The summed E-state index contributed by atoms with van der Waals surface area (Å²) in [6.45, 7) is 6.60. The molecule has 0 radical (unpaired) electrons. The lowest BCUT2D eigenvalue weighted by Gasteiger charge is -2.39. The van der Waals surface area contributed by atoms with Crippen molar-refractivity contribution in [2.24, 2.45) is 5.41 Å². The van der Waals surface area contributed by atoms with E-state index in [2.05, 4.69) is 5.32 Å². The van der Waals surface area contributed by atoms with Crippen LogP contribution in [0.15, 0.2) is 56.2 Å². The highest BCUT2D eigenvalue weighted by Crippen LogP contribution is 2.46. The molecular weight excluding hydrogens is 470 g/mol. The Balaban J connectivity index is 1.63. The third kappa shape index (κ3) is 4.43. The first kappa shape index (κ1) is 23.8. The van der Waals surface area contributed by atoms with Gasteiger partial charge in [-0.25, -0.2) is 4.79 Å². The summed E-state index contributed by atoms with van der Waals surface area (Å²) in [4.78, 5) is 40.5. The highest BCUT2D eigenvalue weighted by Gasteiger charge is 2.44. The van der Waals surface area contributed by atoms with E-state index in [0.29, 0.717) is 46.7 Å². The van der Waals surface area contributed by atoms with Gasteiger partial charge in [0.05, 0.1) is 29.2 Å². The summed E-state index contributed by atoms with van der Waals surface area (Å²) in [7, 11) is 0. The number of dihydropyridines is 1. The number of fused-ring (bicyclic) bond motifs is 1. The normalized spacial score (nSPS) is 23.9. The number of ketones is 1. The van der Waals surface area contributed by atoms with Crippen LogP contribution < -0.4 is 10.7 Å². The molecular formula is C27H28ClNO6. The number of benzene rings is 1. The van der Waals surface area contributed by atoms with Gasteiger partial charge in [0.2, 0.25) is 0 Å². The first-order chi connectivity index (χ1) is 16.6. The summed E-state index contributed by atoms with van der Waals surface area (Å²) in [6.07, 6.45) is 3.89. The fourth-order valence-electron chi connectivity index (χ4n) is 5.36. The van der Waals surface area contributed by atoms with Crippen LogP contribution in [0.4, 0.5) is 0 Å². The standard InChI is InChI=1S/C27H28ClNO6/c1-14-22(26(32)35-12-16-5-4-8-33-16)23(24-19(29-14)10-27(2,3)11-20(24)30)18-13-34-21-7-6-15(28)9-17(21)25(18)31/h6-7,9,13,16,23,29H,4-5,8,10-12H2,1-3H3/t16-,23-/m0/s1. The molecule has 1 aromatic heterocycles. The van der Waals surface area contributed by atoms with E-state index in [1.54, 1.807) is 25.1 Å². The van der Waals surface area contributed by atoms with E-state index in [1.165, 1.54) is 6.26 Å². The van der Waals surface area contributed by atoms with E-state index in [-0.39, 0.29) is 40.5 Å². The van der Waals surface area contributed by atoms with Crippen LogP contribution >= 0.6 is 11.6 Å². The fourth-order valence-corrected chi connectivity index (χ4v) is 5.53. The second kappa shape index (κ2) is 8.95. The van der Waals surface area contributed by atoms with E-state index >= 15 is 0 Å². The Labute approximate surface area is 208 Å². The summed E-state index contributed by atoms with van der Waals surface area (Å²) >= 11 is 6.15. The van der Waals surface area contributed by atoms with Gasteiger partial charge in [-0.3, -0.25) is 9.59 Å². The molecule has 3 aliphatic rings. The van der Waals surface area contributed by atoms with Gasteiger partial charge in [0.1, 0.15) is 12.2 Å². The van der Waals surface area contributed by atoms with Gasteiger partial charge in [-0.05, 0) is 49.8 Å². The van der Waals surface area contributed by atoms with Crippen molar-refractivity contribution in [3.63, 3.8) is 0 Å². The molecule has 1 aliphatic carbocycles. The van der Waals surface area contributed by atoms with Gasteiger partial charge in [0.15, 0.2) is 11.2 Å². The van der Waals surface area contributed by atoms with Crippen LogP contribution in [0.2, 0.25) is 5.02 Å². The SMILES string of the molecule is CC1=C(C(=O)OC[C@@H]2CCCO2)[C@H](c2coc3ccc(Cl)cc3c2=O)C2=C(CC(C)(C)CC2=O)N1. The van der Waals surface area contributed by atoms with E-state index in [4.69, 9.17) is 25.5 Å². The van der Waals surface area contributed by atoms with Crippen molar-refractivity contribution < 1.29 is 23.5 Å². The van der Waals surface area contributed by atoms with Crippen LogP contribution in [0.5, 0.6) is 0 Å². The van der Waals surface area contributed by atoms with Crippen LogP contribution in [0.25, 0.3) is 11.0 Å². The zero-order chi connectivity index (χ0) is 24.9. The first-order valence-corrected chi connectivity index (χ1v) is 12.3. The minimum atomic E-state index is -0.897. The quantitative estimate of drug-likeness (QED) is 0.608. The van der Waals surface area contributed by atoms with Gasteiger partial charge in [-0.1, -0.05) is 25.4 Å². The Morgan fingerprint density at radius 3 is 2.80 bits per heavy atom. The first-order valence-electron chi connectivity index (χ1n) is 11.9. The summed E-state index contributed by atoms with van der Waals surface area (Å²) in [6, 6.07) is 4.81. The summed E-state index contributed by atoms with van der Waals surface area (Å²) in [5.41, 5.74) is 1.97. The predicted octanol–water partition coefficient (Wildman–Crippen LogP) is 4.77. The number of halogens is 1. The molecule has 2 aromatic rings. The number of allylic oxidation sites excluding steroid dienone is 3. The van der Waals surface area contributed by atoms with Crippen LogP contribution in [-0.2, 0) is 19.1 Å². The van der Waals surface area contributed by atoms with Crippen LogP contribution in [0.3, 0.4) is 0 Å². The number of hydrogen-bond acceptors (Lipinski definition) is 7. The third-order valence-corrected chi connectivity index (χ3v) is 7.19. The highest BCUT2D eigenvalue weighted by molar-refractivity contribution is 6.31. The smallest absolute Gasteiger partial charge is 0.336 e. The van der Waals surface area contributed by atoms with E-state index < -0.39 is 11.9 Å². The van der Waals surface area contributed by atoms with Crippen molar-refractivity contribution in [2.75, 3.05) is 13.2 Å². The van der Waals surface area contributed by atoms with Gasteiger partial charge in [0, 0.05) is 40.6 Å². The maximum absolute atomic E-state index is 13.7. The molecule has 8 heteroatoms. The molecule has 0 spiro atoms. The average Bonchev–Trinajstić information content (AvgIpc) is 3.30. The summed E-state index contributed by atoms with van der Waals surface area (Å²) in [5, 5.41) is 3.97. The number of nitrogens with one attached hydrogen (secondary N) is 1. The lowest BCUT2D eigenvalue weighted by molar-refractivity contribution is -0.142. The van der Waals surface area contributed by atoms with Crippen molar-refractivity contribution in [1.29, 1.82) is 0 Å². The Morgan fingerprint density at radius 1 is 1.26 bits per heavy atom. The van der Waals surface area contributed by atoms with Crippen molar-refractivity contribution >= 4 is 34.3 Å². The molecule has 2 aliphatic heterocycles. The zero-order valence-electron chi connectivity index (χ0n) is 20.0. The zero-order valence-corrected chi connectivity index (χ0v) is 20.8. The number of esters is 1. The summed E-state index contributed by atoms with van der Waals surface area (Å²) < 4.78 is 17.0. The molecule has 0 bridgehead atoms. The number of hydrogen-bond donors (Lipinski definition) is 1. The molecule has 35 heavy (non-hydrogen) atoms. The molecule has 3 heterocycles.